The van der Waals surface area contributed by atoms with E-state index in [-0.39, 0.29) is 13.0 Å². The molecule has 5 nitrogen and oxygen atoms in total. The Morgan fingerprint density at radius 1 is 1.40 bits per heavy atom. The smallest absolute Gasteiger partial charge is 0.257 e. The fraction of sp³-hybridized carbons (Fsp3) is 1.00. The van der Waals surface area contributed by atoms with Crippen LogP contribution >= 0.6 is 0 Å². The van der Waals surface area contributed by atoms with Crippen LogP contribution in [0.15, 0.2) is 0 Å². The first kappa shape index (κ1) is 9.83. The summed E-state index contributed by atoms with van der Waals surface area (Å²) in [4.78, 5) is 0. The summed E-state index contributed by atoms with van der Waals surface area (Å²) < 4.78 is 23.9. The average molecular weight is 170 g/mol. The minimum absolute atomic E-state index is 0.125. The monoisotopic (exact) mass is 170 g/mol. The third kappa shape index (κ3) is 4.68. The van der Waals surface area contributed by atoms with E-state index in [1.165, 1.54) is 0 Å². The minimum atomic E-state index is -2.93. The van der Waals surface area contributed by atoms with Crippen molar-refractivity contribution < 1.29 is 22.8 Å². The number of rotatable bonds is 5. The second-order valence-corrected chi connectivity index (χ2v) is 2.30. The first-order chi connectivity index (χ1) is 4.70. The lowest BCUT2D eigenvalue weighted by Crippen LogP contribution is -2.18. The molecule has 0 saturated heterocycles. The van der Waals surface area contributed by atoms with Crippen LogP contribution in [0.5, 0.6) is 0 Å². The van der Waals surface area contributed by atoms with Gasteiger partial charge < -0.3 is 10.2 Å². The third-order valence-electron chi connectivity index (χ3n) is 0.890. The Morgan fingerprint density at radius 3 is 2.30 bits per heavy atom. The zero-order valence-corrected chi connectivity index (χ0v) is 6.16. The van der Waals surface area contributed by atoms with Gasteiger partial charge in [-0.05, 0) is 0 Å². The third-order valence-corrected chi connectivity index (χ3v) is 1.36. The maximum Gasteiger partial charge on any atom is 0.257 e. The van der Waals surface area contributed by atoms with Gasteiger partial charge in [0.25, 0.3) is 11.0 Å². The van der Waals surface area contributed by atoms with Crippen LogP contribution in [0.1, 0.15) is 6.42 Å². The van der Waals surface area contributed by atoms with Gasteiger partial charge in [0.2, 0.25) is 0 Å². The van der Waals surface area contributed by atoms with Crippen molar-refractivity contribution in [3.05, 3.63) is 0 Å². The van der Waals surface area contributed by atoms with Gasteiger partial charge in [-0.1, -0.05) is 0 Å². The van der Waals surface area contributed by atoms with E-state index in [9.17, 15) is 8.42 Å². The van der Waals surface area contributed by atoms with E-state index in [0.717, 1.165) is 0 Å². The number of hydrogen-bond acceptors (Lipinski definition) is 5. The lowest BCUT2D eigenvalue weighted by molar-refractivity contribution is 0.0998. The Hall–Kier alpha value is -0.170. The summed E-state index contributed by atoms with van der Waals surface area (Å²) in [6.07, 6.45) is -0.675. The van der Waals surface area contributed by atoms with Crippen LogP contribution < -0.4 is 0 Å². The topological polar surface area (TPSA) is 83.8 Å². The molecule has 0 aromatic rings. The quantitative estimate of drug-likeness (QED) is 0.427. The molecule has 0 radical (unpaired) electrons. The highest BCUT2D eigenvalue weighted by Crippen LogP contribution is 1.95. The van der Waals surface area contributed by atoms with Gasteiger partial charge >= 0.3 is 0 Å². The van der Waals surface area contributed by atoms with E-state index in [1.54, 1.807) is 0 Å². The molecule has 0 aliphatic carbocycles. The lowest BCUT2D eigenvalue weighted by atomic mass is 10.3. The average Bonchev–Trinajstić information content (AvgIpc) is 1.86. The number of thiol groups is 1. The SMILES string of the molecule is O=[SH](=O)OC(CO)CCO. The van der Waals surface area contributed by atoms with Crippen LogP contribution in [0.4, 0.5) is 0 Å². The lowest BCUT2D eigenvalue weighted by Gasteiger charge is -2.06. The van der Waals surface area contributed by atoms with E-state index < -0.39 is 23.7 Å². The second kappa shape index (κ2) is 5.60. The molecule has 62 valence electrons. The molecule has 0 saturated carbocycles. The first-order valence-electron chi connectivity index (χ1n) is 2.73. The summed E-state index contributed by atoms with van der Waals surface area (Å²) in [6.45, 7) is -0.599. The summed E-state index contributed by atoms with van der Waals surface area (Å²) in [5, 5.41) is 16.7. The largest absolute Gasteiger partial charge is 0.396 e. The molecule has 0 aromatic heterocycles. The van der Waals surface area contributed by atoms with Crippen LogP contribution in [-0.2, 0) is 15.2 Å². The van der Waals surface area contributed by atoms with E-state index in [2.05, 4.69) is 4.18 Å². The van der Waals surface area contributed by atoms with Gasteiger partial charge in [0, 0.05) is 13.0 Å². The van der Waals surface area contributed by atoms with Crippen molar-refractivity contribution >= 4 is 11.0 Å². The summed E-state index contributed by atoms with van der Waals surface area (Å²) >= 11 is 0. The van der Waals surface area contributed by atoms with Gasteiger partial charge in [0.15, 0.2) is 0 Å². The van der Waals surface area contributed by atoms with Gasteiger partial charge in [0.1, 0.15) is 6.10 Å². The fourth-order valence-corrected chi connectivity index (χ4v) is 0.859. The number of aliphatic hydroxyl groups excluding tert-OH is 2. The van der Waals surface area contributed by atoms with Crippen LogP contribution in [0.2, 0.25) is 0 Å². The highest BCUT2D eigenvalue weighted by Gasteiger charge is 2.06. The van der Waals surface area contributed by atoms with Crippen LogP contribution in [0.3, 0.4) is 0 Å². The van der Waals surface area contributed by atoms with Gasteiger partial charge in [-0.25, -0.2) is 8.42 Å². The van der Waals surface area contributed by atoms with E-state index >= 15 is 0 Å². The molecular weight excluding hydrogens is 160 g/mol. The van der Waals surface area contributed by atoms with Crippen molar-refractivity contribution in [1.82, 2.24) is 0 Å². The van der Waals surface area contributed by atoms with E-state index in [4.69, 9.17) is 10.2 Å². The Balaban J connectivity index is 3.59. The molecule has 2 N–H and O–H groups in total. The standard InChI is InChI=1S/C4H10O5S/c5-2-1-4(3-6)9-10(7)8/h4-6,10H,1-3H2. The van der Waals surface area contributed by atoms with Crippen molar-refractivity contribution in [1.29, 1.82) is 0 Å². The predicted octanol–water partition coefficient (Wildman–Crippen LogP) is -1.73. The van der Waals surface area contributed by atoms with E-state index in [0.29, 0.717) is 0 Å². The molecule has 10 heavy (non-hydrogen) atoms. The highest BCUT2D eigenvalue weighted by atomic mass is 32.2. The van der Waals surface area contributed by atoms with Gasteiger partial charge in [-0.2, -0.15) is 0 Å². The van der Waals surface area contributed by atoms with Gasteiger partial charge in [-0.3, -0.25) is 4.18 Å². The van der Waals surface area contributed by atoms with Gasteiger partial charge in [-0.15, -0.1) is 0 Å². The maximum absolute atomic E-state index is 9.87. The molecule has 6 heteroatoms. The summed E-state index contributed by atoms with van der Waals surface area (Å²) in [5.74, 6) is 0. The first-order valence-corrected chi connectivity index (χ1v) is 3.83. The molecule has 0 bridgehead atoms. The molecular formula is C4H10O5S. The number of hydrogen-bond donors (Lipinski definition) is 3. The van der Waals surface area contributed by atoms with Gasteiger partial charge in [0.05, 0.1) is 6.61 Å². The van der Waals surface area contributed by atoms with Crippen LogP contribution in [0, 0.1) is 0 Å². The normalized spacial score (nSPS) is 13.9. The van der Waals surface area contributed by atoms with E-state index in [1.807, 2.05) is 0 Å². The summed E-state index contributed by atoms with van der Waals surface area (Å²) in [7, 11) is -2.93. The summed E-state index contributed by atoms with van der Waals surface area (Å²) in [6, 6.07) is 0. The molecule has 0 amide bonds. The van der Waals surface area contributed by atoms with Crippen LogP contribution in [0.25, 0.3) is 0 Å². The van der Waals surface area contributed by atoms with Crippen molar-refractivity contribution in [2.45, 2.75) is 12.5 Å². The predicted molar refractivity (Wildman–Crippen MR) is 34.0 cm³/mol. The Bertz CT molecular complexity index is 135. The van der Waals surface area contributed by atoms with Crippen molar-refractivity contribution in [3.8, 4) is 0 Å². The fourth-order valence-electron chi connectivity index (χ4n) is 0.443. The summed E-state index contributed by atoms with van der Waals surface area (Å²) in [5.41, 5.74) is 0. The minimum Gasteiger partial charge on any atom is -0.396 e. The molecule has 0 aliphatic rings. The Morgan fingerprint density at radius 2 is 2.00 bits per heavy atom. The molecule has 0 spiro atoms. The van der Waals surface area contributed by atoms with Crippen molar-refractivity contribution in [2.75, 3.05) is 13.2 Å². The molecule has 0 aromatic carbocycles. The van der Waals surface area contributed by atoms with Crippen molar-refractivity contribution in [2.24, 2.45) is 0 Å². The molecule has 1 atom stereocenters. The maximum atomic E-state index is 9.87. The zero-order chi connectivity index (χ0) is 7.98. The Labute approximate surface area is 60.4 Å². The second-order valence-electron chi connectivity index (χ2n) is 1.65. The van der Waals surface area contributed by atoms with Crippen molar-refractivity contribution in [3.63, 3.8) is 0 Å². The highest BCUT2D eigenvalue weighted by molar-refractivity contribution is 7.67. The molecule has 1 unspecified atom stereocenters. The molecule has 0 heterocycles. The molecule has 0 fully saturated rings. The van der Waals surface area contributed by atoms with Crippen LogP contribution in [-0.4, -0.2) is 37.9 Å². The Kier molecular flexibility index (Phi) is 5.51. The molecule has 0 aliphatic heterocycles. The molecule has 0 rings (SSSR count). The number of aliphatic hydroxyl groups is 2. The zero-order valence-electron chi connectivity index (χ0n) is 5.27.